The van der Waals surface area contributed by atoms with E-state index < -0.39 is 0 Å². The molecular weight excluding hydrogens is 350 g/mol. The molecule has 1 amide bonds. The summed E-state index contributed by atoms with van der Waals surface area (Å²) in [5, 5.41) is 3.36. The van der Waals surface area contributed by atoms with Crippen LogP contribution in [0.5, 0.6) is 5.75 Å². The van der Waals surface area contributed by atoms with Crippen LogP contribution < -0.4 is 9.64 Å². The predicted molar refractivity (Wildman–Crippen MR) is 103 cm³/mol. The number of Topliss-reactive ketones (excluding diaryl/α,β-unsaturated/α-hetero) is 1. The molecule has 0 saturated heterocycles. The third-order valence-corrected chi connectivity index (χ3v) is 5.08. The van der Waals surface area contributed by atoms with E-state index in [0.717, 1.165) is 10.9 Å². The first kappa shape index (κ1) is 18.1. The van der Waals surface area contributed by atoms with Crippen LogP contribution in [0.3, 0.4) is 0 Å². The van der Waals surface area contributed by atoms with Gasteiger partial charge in [0.05, 0.1) is 12.6 Å². The summed E-state index contributed by atoms with van der Waals surface area (Å²) in [7, 11) is 1.60. The Morgan fingerprint density at radius 2 is 2.12 bits per heavy atom. The number of methoxy groups -OCH3 is 1. The molecule has 0 atom stereocenters. The quantitative estimate of drug-likeness (QED) is 0.593. The molecule has 0 fully saturated rings. The Balaban J connectivity index is 2.00. The van der Waals surface area contributed by atoms with E-state index in [1.807, 2.05) is 42.0 Å². The van der Waals surface area contributed by atoms with E-state index in [2.05, 4.69) is 4.98 Å². The maximum absolute atomic E-state index is 12.8. The minimum Gasteiger partial charge on any atom is -0.497 e. The molecule has 6 nitrogen and oxygen atoms in total. The van der Waals surface area contributed by atoms with Gasteiger partial charge in [-0.3, -0.25) is 14.5 Å². The van der Waals surface area contributed by atoms with Crippen molar-refractivity contribution in [1.82, 2.24) is 9.55 Å². The number of likely N-dealkylation sites (N-methyl/N-ethyl adjacent to an activating group) is 1. The van der Waals surface area contributed by atoms with Gasteiger partial charge in [-0.15, -0.1) is 11.3 Å². The van der Waals surface area contributed by atoms with Gasteiger partial charge in [0.1, 0.15) is 12.3 Å². The van der Waals surface area contributed by atoms with Gasteiger partial charge in [-0.05, 0) is 19.1 Å². The van der Waals surface area contributed by atoms with E-state index >= 15 is 0 Å². The number of carbonyl (C=O) groups is 2. The lowest BCUT2D eigenvalue weighted by molar-refractivity contribution is -0.119. The van der Waals surface area contributed by atoms with Crippen molar-refractivity contribution in [2.45, 2.75) is 26.8 Å². The highest BCUT2D eigenvalue weighted by Gasteiger charge is 2.20. The lowest BCUT2D eigenvalue weighted by Gasteiger charge is -2.18. The van der Waals surface area contributed by atoms with Crippen LogP contribution in [0.15, 0.2) is 36.0 Å². The number of fused-ring (bicyclic) bond motifs is 1. The maximum atomic E-state index is 12.8. The molecule has 7 heteroatoms. The number of aromatic nitrogens is 2. The zero-order valence-corrected chi connectivity index (χ0v) is 15.9. The molecule has 0 aliphatic carbocycles. The number of anilines is 1. The average molecular weight is 371 g/mol. The van der Waals surface area contributed by atoms with Gasteiger partial charge in [0.2, 0.25) is 5.91 Å². The molecule has 0 aliphatic rings. The van der Waals surface area contributed by atoms with Crippen molar-refractivity contribution >= 4 is 39.1 Å². The molecule has 2 aromatic heterocycles. The van der Waals surface area contributed by atoms with Crippen molar-refractivity contribution in [2.24, 2.45) is 0 Å². The summed E-state index contributed by atoms with van der Waals surface area (Å²) in [6.07, 6.45) is 3.87. The van der Waals surface area contributed by atoms with E-state index in [1.165, 1.54) is 11.3 Å². The van der Waals surface area contributed by atoms with E-state index in [-0.39, 0.29) is 18.2 Å². The molecule has 1 aromatic carbocycles. The number of ketones is 1. The number of rotatable bonds is 7. The molecule has 0 N–H and O–H groups in total. The lowest BCUT2D eigenvalue weighted by Crippen LogP contribution is -2.33. The van der Waals surface area contributed by atoms with E-state index in [9.17, 15) is 9.59 Å². The van der Waals surface area contributed by atoms with Gasteiger partial charge in [-0.1, -0.05) is 6.92 Å². The monoisotopic (exact) mass is 371 g/mol. The Labute approximate surface area is 156 Å². The maximum Gasteiger partial charge on any atom is 0.248 e. The first-order chi connectivity index (χ1) is 12.6. The van der Waals surface area contributed by atoms with Crippen LogP contribution in [-0.4, -0.2) is 34.9 Å². The molecule has 2 heterocycles. The first-order valence-electron chi connectivity index (χ1n) is 8.49. The second-order valence-corrected chi connectivity index (χ2v) is 6.66. The van der Waals surface area contributed by atoms with Crippen molar-refractivity contribution in [3.05, 3.63) is 41.5 Å². The zero-order valence-electron chi connectivity index (χ0n) is 15.1. The third-order valence-electron chi connectivity index (χ3n) is 4.28. The van der Waals surface area contributed by atoms with Gasteiger partial charge in [0.25, 0.3) is 0 Å². The van der Waals surface area contributed by atoms with Crippen molar-refractivity contribution in [2.75, 3.05) is 18.6 Å². The Bertz CT molecular complexity index is 931. The van der Waals surface area contributed by atoms with Crippen molar-refractivity contribution in [1.29, 1.82) is 0 Å². The highest BCUT2D eigenvalue weighted by molar-refractivity contribution is 7.13. The zero-order chi connectivity index (χ0) is 18.7. The minimum atomic E-state index is -0.0716. The van der Waals surface area contributed by atoms with E-state index in [0.29, 0.717) is 29.4 Å². The SMILES string of the molecule is CCC(=O)c1cn(CC(=O)N(CC)c2nccs2)c2cc(OC)ccc12. The van der Waals surface area contributed by atoms with Gasteiger partial charge < -0.3 is 9.30 Å². The summed E-state index contributed by atoms with van der Waals surface area (Å²) in [5.74, 6) is 0.670. The van der Waals surface area contributed by atoms with Crippen LogP contribution in [0.1, 0.15) is 30.6 Å². The molecule has 0 spiro atoms. The van der Waals surface area contributed by atoms with Crippen LogP contribution in [0, 0.1) is 0 Å². The molecule has 0 radical (unpaired) electrons. The second-order valence-electron chi connectivity index (χ2n) is 5.78. The number of hydrogen-bond donors (Lipinski definition) is 0. The summed E-state index contributed by atoms with van der Waals surface area (Å²) in [4.78, 5) is 31.0. The molecule has 0 saturated carbocycles. The van der Waals surface area contributed by atoms with Gasteiger partial charge >= 0.3 is 0 Å². The van der Waals surface area contributed by atoms with Gasteiger partial charge in [-0.2, -0.15) is 0 Å². The number of carbonyl (C=O) groups excluding carboxylic acids is 2. The minimum absolute atomic E-state index is 0.0543. The normalized spacial score (nSPS) is 10.9. The van der Waals surface area contributed by atoms with Crippen molar-refractivity contribution in [3.63, 3.8) is 0 Å². The molecular formula is C19H21N3O3S. The molecule has 26 heavy (non-hydrogen) atoms. The number of amides is 1. The van der Waals surface area contributed by atoms with Crippen molar-refractivity contribution < 1.29 is 14.3 Å². The topological polar surface area (TPSA) is 64.4 Å². The Morgan fingerprint density at radius 3 is 2.73 bits per heavy atom. The Kier molecular flexibility index (Phi) is 5.37. The summed E-state index contributed by atoms with van der Waals surface area (Å²) in [6, 6.07) is 5.56. The molecule has 3 rings (SSSR count). The van der Waals surface area contributed by atoms with Crippen LogP contribution in [0.25, 0.3) is 10.9 Å². The highest BCUT2D eigenvalue weighted by atomic mass is 32.1. The number of hydrogen-bond acceptors (Lipinski definition) is 5. The number of benzene rings is 1. The fourth-order valence-corrected chi connectivity index (χ4v) is 3.66. The van der Waals surface area contributed by atoms with Gasteiger partial charge in [0, 0.05) is 47.8 Å². The molecule has 136 valence electrons. The van der Waals surface area contributed by atoms with E-state index in [4.69, 9.17) is 4.74 Å². The number of thiazole rings is 1. The second kappa shape index (κ2) is 7.70. The Hall–Kier alpha value is -2.67. The van der Waals surface area contributed by atoms with Crippen LogP contribution in [-0.2, 0) is 11.3 Å². The summed E-state index contributed by atoms with van der Waals surface area (Å²) in [6.45, 7) is 4.42. The summed E-state index contributed by atoms with van der Waals surface area (Å²) >= 11 is 1.43. The standard InChI is InChI=1S/C19H21N3O3S/c1-4-17(23)15-11-21(16-10-13(25-3)6-7-14(15)16)12-18(24)22(5-2)19-20-8-9-26-19/h6-11H,4-5,12H2,1-3H3. The smallest absolute Gasteiger partial charge is 0.248 e. The Morgan fingerprint density at radius 1 is 1.31 bits per heavy atom. The predicted octanol–water partition coefficient (Wildman–Crippen LogP) is 3.75. The molecule has 0 aliphatic heterocycles. The van der Waals surface area contributed by atoms with Crippen LogP contribution in [0.4, 0.5) is 5.13 Å². The van der Waals surface area contributed by atoms with Gasteiger partial charge in [-0.25, -0.2) is 4.98 Å². The number of nitrogens with zero attached hydrogens (tertiary/aromatic N) is 3. The highest BCUT2D eigenvalue weighted by Crippen LogP contribution is 2.27. The number of ether oxygens (including phenoxy) is 1. The largest absolute Gasteiger partial charge is 0.497 e. The van der Waals surface area contributed by atoms with Crippen LogP contribution in [0.2, 0.25) is 0 Å². The van der Waals surface area contributed by atoms with Crippen molar-refractivity contribution in [3.8, 4) is 5.75 Å². The molecule has 0 unspecified atom stereocenters. The summed E-state index contributed by atoms with van der Waals surface area (Å²) in [5.41, 5.74) is 1.44. The van der Waals surface area contributed by atoms with Gasteiger partial charge in [0.15, 0.2) is 10.9 Å². The fourth-order valence-electron chi connectivity index (χ4n) is 2.94. The molecule has 3 aromatic rings. The first-order valence-corrected chi connectivity index (χ1v) is 9.36. The summed E-state index contributed by atoms with van der Waals surface area (Å²) < 4.78 is 7.12. The van der Waals surface area contributed by atoms with Crippen LogP contribution >= 0.6 is 11.3 Å². The lowest BCUT2D eigenvalue weighted by atomic mass is 10.1. The third kappa shape index (κ3) is 3.35. The molecule has 0 bridgehead atoms. The fraction of sp³-hybridized carbons (Fsp3) is 0.316. The average Bonchev–Trinajstić information content (AvgIpc) is 3.30. The van der Waals surface area contributed by atoms with E-state index in [1.54, 1.807) is 24.4 Å².